The predicted octanol–water partition coefficient (Wildman–Crippen LogP) is 2.20. The lowest BCUT2D eigenvalue weighted by molar-refractivity contribution is -0.144. The van der Waals surface area contributed by atoms with Gasteiger partial charge in [0.2, 0.25) is 0 Å². The summed E-state index contributed by atoms with van der Waals surface area (Å²) in [6, 6.07) is 2.93. The Morgan fingerprint density at radius 3 is 2.67 bits per heavy atom. The smallest absolute Gasteiger partial charge is 0.313 e. The third-order valence-electron chi connectivity index (χ3n) is 2.11. The minimum Gasteiger partial charge on any atom is -0.461 e. The molecule has 0 atom stereocenters. The van der Waals surface area contributed by atoms with Gasteiger partial charge in [0.25, 0.3) is 0 Å². The fourth-order valence-corrected chi connectivity index (χ4v) is 1.30. The van der Waals surface area contributed by atoms with E-state index >= 15 is 0 Å². The summed E-state index contributed by atoms with van der Waals surface area (Å²) in [5, 5.41) is 0. The molecular formula is C13H12F2O3. The molecule has 3 nitrogen and oxygen atoms in total. The van der Waals surface area contributed by atoms with Gasteiger partial charge in [-0.2, -0.15) is 0 Å². The Balaban J connectivity index is 2.54. The molecule has 0 saturated heterocycles. The molecule has 5 heteroatoms. The summed E-state index contributed by atoms with van der Waals surface area (Å²) in [4.78, 5) is 22.5. The number of carbonyl (C=O) groups is 2. The van der Waals surface area contributed by atoms with E-state index in [0.29, 0.717) is 6.07 Å². The molecule has 0 radical (unpaired) electrons. The van der Waals surface area contributed by atoms with Gasteiger partial charge in [-0.1, -0.05) is 18.7 Å². The van der Waals surface area contributed by atoms with E-state index in [1.807, 2.05) is 0 Å². The standard InChI is InChI=1S/C13H12F2O3/c1-2-5-18-13(17)8-11(16)6-9-3-4-10(14)7-12(9)15/h2-4,7H,1,5-6,8H2. The van der Waals surface area contributed by atoms with Crippen molar-refractivity contribution in [3.63, 3.8) is 0 Å². The minimum atomic E-state index is -0.803. The van der Waals surface area contributed by atoms with Gasteiger partial charge in [-0.3, -0.25) is 9.59 Å². The normalized spacial score (nSPS) is 9.89. The maximum Gasteiger partial charge on any atom is 0.313 e. The van der Waals surface area contributed by atoms with E-state index in [4.69, 9.17) is 0 Å². The molecule has 0 saturated carbocycles. The highest BCUT2D eigenvalue weighted by Crippen LogP contribution is 2.11. The minimum absolute atomic E-state index is 0.0248. The molecule has 0 unspecified atom stereocenters. The molecule has 0 aliphatic carbocycles. The van der Waals surface area contributed by atoms with Gasteiger partial charge in [-0.25, -0.2) is 8.78 Å². The topological polar surface area (TPSA) is 43.4 Å². The Labute approximate surface area is 103 Å². The van der Waals surface area contributed by atoms with Crippen LogP contribution in [0.25, 0.3) is 0 Å². The lowest BCUT2D eigenvalue weighted by Gasteiger charge is -2.03. The zero-order valence-corrected chi connectivity index (χ0v) is 9.62. The van der Waals surface area contributed by atoms with Crippen LogP contribution in [0, 0.1) is 11.6 Å². The van der Waals surface area contributed by atoms with Gasteiger partial charge in [0, 0.05) is 12.5 Å². The van der Waals surface area contributed by atoms with Gasteiger partial charge < -0.3 is 4.74 Å². The fourth-order valence-electron chi connectivity index (χ4n) is 1.30. The SMILES string of the molecule is C=CCOC(=O)CC(=O)Cc1ccc(F)cc1F. The Kier molecular flexibility index (Phi) is 5.17. The van der Waals surface area contributed by atoms with Gasteiger partial charge in [-0.15, -0.1) is 0 Å². The van der Waals surface area contributed by atoms with E-state index in [1.54, 1.807) is 0 Å². The molecule has 0 amide bonds. The maximum atomic E-state index is 13.2. The van der Waals surface area contributed by atoms with Gasteiger partial charge in [0.05, 0.1) is 0 Å². The van der Waals surface area contributed by atoms with Crippen LogP contribution in [0.1, 0.15) is 12.0 Å². The monoisotopic (exact) mass is 254 g/mol. The third-order valence-corrected chi connectivity index (χ3v) is 2.11. The van der Waals surface area contributed by atoms with Crippen molar-refractivity contribution < 1.29 is 23.1 Å². The number of benzene rings is 1. The second-order valence-electron chi connectivity index (χ2n) is 3.60. The Hall–Kier alpha value is -2.04. The number of ketones is 1. The van der Waals surface area contributed by atoms with E-state index in [9.17, 15) is 18.4 Å². The summed E-state index contributed by atoms with van der Waals surface area (Å²) in [5.74, 6) is -2.70. The van der Waals surface area contributed by atoms with Crippen molar-refractivity contribution in [2.24, 2.45) is 0 Å². The molecule has 1 aromatic carbocycles. The highest BCUT2D eigenvalue weighted by atomic mass is 19.1. The molecule has 1 aromatic rings. The van der Waals surface area contributed by atoms with Gasteiger partial charge in [0.1, 0.15) is 30.4 Å². The summed E-state index contributed by atoms with van der Waals surface area (Å²) in [6.07, 6.45) is 0.669. The van der Waals surface area contributed by atoms with E-state index in [0.717, 1.165) is 6.07 Å². The molecule has 0 N–H and O–H groups in total. The lowest BCUT2D eigenvalue weighted by atomic mass is 10.1. The second kappa shape index (κ2) is 6.64. The van der Waals surface area contributed by atoms with Crippen LogP contribution >= 0.6 is 0 Å². The number of ether oxygens (including phenoxy) is 1. The van der Waals surface area contributed by atoms with Crippen molar-refractivity contribution in [3.8, 4) is 0 Å². The summed E-state index contributed by atoms with van der Waals surface area (Å²) in [7, 11) is 0. The lowest BCUT2D eigenvalue weighted by Crippen LogP contribution is -2.13. The van der Waals surface area contributed by atoms with E-state index in [1.165, 1.54) is 12.1 Å². The van der Waals surface area contributed by atoms with Crippen molar-refractivity contribution in [2.75, 3.05) is 6.61 Å². The molecule has 0 heterocycles. The average molecular weight is 254 g/mol. The average Bonchev–Trinajstić information content (AvgIpc) is 2.30. The van der Waals surface area contributed by atoms with Crippen LogP contribution in [0.2, 0.25) is 0 Å². The zero-order valence-electron chi connectivity index (χ0n) is 9.62. The van der Waals surface area contributed by atoms with E-state index in [2.05, 4.69) is 11.3 Å². The van der Waals surface area contributed by atoms with E-state index in [-0.39, 0.29) is 18.6 Å². The first-order chi connectivity index (χ1) is 8.52. The van der Waals surface area contributed by atoms with Crippen molar-refractivity contribution >= 4 is 11.8 Å². The van der Waals surface area contributed by atoms with Crippen LogP contribution in [0.3, 0.4) is 0 Å². The molecule has 96 valence electrons. The van der Waals surface area contributed by atoms with Crippen molar-refractivity contribution in [2.45, 2.75) is 12.8 Å². The Morgan fingerprint density at radius 2 is 2.06 bits per heavy atom. The number of rotatable bonds is 6. The molecular weight excluding hydrogens is 242 g/mol. The van der Waals surface area contributed by atoms with E-state index < -0.39 is 29.8 Å². The quantitative estimate of drug-likeness (QED) is 0.444. The number of Topliss-reactive ketones (excluding diaryl/α,β-unsaturated/α-hetero) is 1. The van der Waals surface area contributed by atoms with Crippen LogP contribution in [0.4, 0.5) is 8.78 Å². The molecule has 0 aliphatic rings. The Morgan fingerprint density at radius 1 is 1.33 bits per heavy atom. The number of esters is 1. The van der Waals surface area contributed by atoms with Crippen molar-refractivity contribution in [3.05, 3.63) is 48.1 Å². The predicted molar refractivity (Wildman–Crippen MR) is 60.8 cm³/mol. The summed E-state index contributed by atoms with van der Waals surface area (Å²) < 4.78 is 30.5. The molecule has 18 heavy (non-hydrogen) atoms. The first-order valence-corrected chi connectivity index (χ1v) is 5.25. The fraction of sp³-hybridized carbons (Fsp3) is 0.231. The number of hydrogen-bond acceptors (Lipinski definition) is 3. The number of carbonyl (C=O) groups excluding carboxylic acids is 2. The van der Waals surface area contributed by atoms with Crippen LogP contribution in [0.5, 0.6) is 0 Å². The number of hydrogen-bond donors (Lipinski definition) is 0. The highest BCUT2D eigenvalue weighted by molar-refractivity contribution is 5.96. The summed E-state index contributed by atoms with van der Waals surface area (Å²) in [5.41, 5.74) is 0.0536. The van der Waals surface area contributed by atoms with Crippen molar-refractivity contribution in [1.29, 1.82) is 0 Å². The zero-order chi connectivity index (χ0) is 13.5. The molecule has 1 rings (SSSR count). The molecule has 0 fully saturated rings. The van der Waals surface area contributed by atoms with Crippen LogP contribution in [-0.2, 0) is 20.7 Å². The highest BCUT2D eigenvalue weighted by Gasteiger charge is 2.13. The summed E-state index contributed by atoms with van der Waals surface area (Å²) >= 11 is 0. The van der Waals surface area contributed by atoms with Gasteiger partial charge in [0.15, 0.2) is 0 Å². The largest absolute Gasteiger partial charge is 0.461 e. The first kappa shape index (κ1) is 14.0. The molecule has 0 spiro atoms. The Bertz CT molecular complexity index is 469. The van der Waals surface area contributed by atoms with Gasteiger partial charge in [-0.05, 0) is 11.6 Å². The maximum absolute atomic E-state index is 13.2. The third kappa shape index (κ3) is 4.45. The van der Waals surface area contributed by atoms with Crippen molar-refractivity contribution in [1.82, 2.24) is 0 Å². The van der Waals surface area contributed by atoms with Crippen LogP contribution in [0.15, 0.2) is 30.9 Å². The summed E-state index contributed by atoms with van der Waals surface area (Å²) in [6.45, 7) is 3.38. The van der Waals surface area contributed by atoms with Crippen LogP contribution < -0.4 is 0 Å². The van der Waals surface area contributed by atoms with Gasteiger partial charge >= 0.3 is 5.97 Å². The molecule has 0 aromatic heterocycles. The van der Waals surface area contributed by atoms with Crippen LogP contribution in [-0.4, -0.2) is 18.4 Å². The number of halogens is 2. The molecule has 0 bridgehead atoms. The second-order valence-corrected chi connectivity index (χ2v) is 3.60. The first-order valence-electron chi connectivity index (χ1n) is 5.25. The molecule has 0 aliphatic heterocycles.